The molecule has 0 fully saturated rings. The third kappa shape index (κ3) is 1.89. The van der Waals surface area contributed by atoms with Crippen LogP contribution in [0.3, 0.4) is 0 Å². The van der Waals surface area contributed by atoms with Gasteiger partial charge in [0.1, 0.15) is 5.82 Å². The standard InChI is InChI=1S/C13H18N4/c1-2-11-12-4-3-7-16(12)8-9-17(11)10-13-14-5-6-15-13/h3-7,11H,2,8-10H2,1H3,(H,14,15). The lowest BCUT2D eigenvalue weighted by Crippen LogP contribution is -2.37. The van der Waals surface area contributed by atoms with Crippen molar-refractivity contribution >= 4 is 0 Å². The summed E-state index contributed by atoms with van der Waals surface area (Å²) in [5.41, 5.74) is 1.44. The van der Waals surface area contributed by atoms with Crippen LogP contribution in [0.25, 0.3) is 0 Å². The molecule has 4 heteroatoms. The van der Waals surface area contributed by atoms with Crippen LogP contribution in [0.5, 0.6) is 0 Å². The molecule has 90 valence electrons. The van der Waals surface area contributed by atoms with Crippen molar-refractivity contribution in [3.05, 3.63) is 42.2 Å². The van der Waals surface area contributed by atoms with Gasteiger partial charge >= 0.3 is 0 Å². The molecule has 0 aromatic carbocycles. The third-order valence-corrected chi connectivity index (χ3v) is 3.57. The molecule has 3 rings (SSSR count). The van der Waals surface area contributed by atoms with E-state index in [9.17, 15) is 0 Å². The summed E-state index contributed by atoms with van der Waals surface area (Å²) in [6, 6.07) is 4.90. The first-order valence-corrected chi connectivity index (χ1v) is 6.26. The van der Waals surface area contributed by atoms with E-state index in [0.717, 1.165) is 31.9 Å². The molecule has 2 aromatic rings. The Kier molecular flexibility index (Phi) is 2.73. The number of nitrogens with one attached hydrogen (secondary N) is 1. The van der Waals surface area contributed by atoms with E-state index in [-0.39, 0.29) is 0 Å². The molecule has 17 heavy (non-hydrogen) atoms. The molecule has 3 heterocycles. The number of H-pyrrole nitrogens is 1. The monoisotopic (exact) mass is 230 g/mol. The van der Waals surface area contributed by atoms with Crippen LogP contribution in [0.4, 0.5) is 0 Å². The Bertz CT molecular complexity index is 471. The highest BCUT2D eigenvalue weighted by Crippen LogP contribution is 2.29. The van der Waals surface area contributed by atoms with Crippen LogP contribution in [-0.4, -0.2) is 26.0 Å². The number of nitrogens with zero attached hydrogens (tertiary/aromatic N) is 3. The Morgan fingerprint density at radius 1 is 1.47 bits per heavy atom. The number of fused-ring (bicyclic) bond motifs is 1. The van der Waals surface area contributed by atoms with Gasteiger partial charge in [0.2, 0.25) is 0 Å². The molecule has 1 N–H and O–H groups in total. The van der Waals surface area contributed by atoms with Crippen molar-refractivity contribution in [3.8, 4) is 0 Å². The molecule has 1 aliphatic heterocycles. The summed E-state index contributed by atoms with van der Waals surface area (Å²) in [7, 11) is 0. The van der Waals surface area contributed by atoms with Crippen molar-refractivity contribution in [1.82, 2.24) is 19.4 Å². The second-order valence-electron chi connectivity index (χ2n) is 4.56. The first-order valence-electron chi connectivity index (χ1n) is 6.26. The minimum Gasteiger partial charge on any atom is -0.349 e. The maximum absolute atomic E-state index is 4.32. The van der Waals surface area contributed by atoms with Gasteiger partial charge in [0.15, 0.2) is 0 Å². The zero-order valence-electron chi connectivity index (χ0n) is 10.1. The van der Waals surface area contributed by atoms with Crippen molar-refractivity contribution in [2.24, 2.45) is 0 Å². The molecule has 1 atom stereocenters. The number of aromatic amines is 1. The summed E-state index contributed by atoms with van der Waals surface area (Å²) in [5, 5.41) is 0. The first-order chi connectivity index (χ1) is 8.38. The first kappa shape index (κ1) is 10.6. The summed E-state index contributed by atoms with van der Waals surface area (Å²) in [5.74, 6) is 1.06. The van der Waals surface area contributed by atoms with Crippen LogP contribution in [0, 0.1) is 0 Å². The van der Waals surface area contributed by atoms with E-state index in [2.05, 4.69) is 44.7 Å². The highest BCUT2D eigenvalue weighted by atomic mass is 15.2. The number of hydrogen-bond donors (Lipinski definition) is 1. The molecule has 0 amide bonds. The largest absolute Gasteiger partial charge is 0.349 e. The lowest BCUT2D eigenvalue weighted by atomic mass is 10.1. The van der Waals surface area contributed by atoms with Crippen LogP contribution in [0.2, 0.25) is 0 Å². The van der Waals surface area contributed by atoms with Crippen LogP contribution in [0.1, 0.15) is 30.9 Å². The minimum atomic E-state index is 0.517. The van der Waals surface area contributed by atoms with Crippen LogP contribution in [-0.2, 0) is 13.1 Å². The van der Waals surface area contributed by atoms with E-state index in [1.165, 1.54) is 5.69 Å². The smallest absolute Gasteiger partial charge is 0.120 e. The van der Waals surface area contributed by atoms with Gasteiger partial charge in [-0.1, -0.05) is 6.92 Å². The van der Waals surface area contributed by atoms with Gasteiger partial charge in [-0.2, -0.15) is 0 Å². The molecule has 0 aliphatic carbocycles. The van der Waals surface area contributed by atoms with Crippen LogP contribution < -0.4 is 0 Å². The van der Waals surface area contributed by atoms with Gasteiger partial charge < -0.3 is 9.55 Å². The summed E-state index contributed by atoms with van der Waals surface area (Å²) in [6.07, 6.45) is 7.04. The molecule has 1 aliphatic rings. The second-order valence-corrected chi connectivity index (χ2v) is 4.56. The Hall–Kier alpha value is -1.55. The quantitative estimate of drug-likeness (QED) is 0.877. The van der Waals surface area contributed by atoms with Gasteiger partial charge in [0.25, 0.3) is 0 Å². The van der Waals surface area contributed by atoms with Gasteiger partial charge in [0, 0.05) is 37.4 Å². The summed E-state index contributed by atoms with van der Waals surface area (Å²) < 4.78 is 2.37. The highest BCUT2D eigenvalue weighted by molar-refractivity contribution is 5.14. The molecule has 0 saturated carbocycles. The Labute approximate surface area is 101 Å². The number of imidazole rings is 1. The van der Waals surface area contributed by atoms with Crippen molar-refractivity contribution in [2.45, 2.75) is 32.5 Å². The van der Waals surface area contributed by atoms with E-state index < -0.39 is 0 Å². The molecule has 4 nitrogen and oxygen atoms in total. The SMILES string of the molecule is CCC1c2cccn2CCN1Cc1ncc[nH]1. The van der Waals surface area contributed by atoms with E-state index in [1.54, 1.807) is 0 Å². The average molecular weight is 230 g/mol. The van der Waals surface area contributed by atoms with E-state index in [0.29, 0.717) is 6.04 Å². The third-order valence-electron chi connectivity index (χ3n) is 3.57. The van der Waals surface area contributed by atoms with Crippen LogP contribution >= 0.6 is 0 Å². The van der Waals surface area contributed by atoms with Gasteiger partial charge in [-0.05, 0) is 18.6 Å². The molecule has 0 spiro atoms. The molecular weight excluding hydrogens is 212 g/mol. The predicted molar refractivity (Wildman–Crippen MR) is 66.5 cm³/mol. The number of aromatic nitrogens is 3. The van der Waals surface area contributed by atoms with Crippen LogP contribution in [0.15, 0.2) is 30.7 Å². The van der Waals surface area contributed by atoms with E-state index >= 15 is 0 Å². The Morgan fingerprint density at radius 3 is 3.18 bits per heavy atom. The zero-order valence-corrected chi connectivity index (χ0v) is 10.1. The highest BCUT2D eigenvalue weighted by Gasteiger charge is 2.25. The molecular formula is C13H18N4. The topological polar surface area (TPSA) is 36.9 Å². The van der Waals surface area contributed by atoms with Gasteiger partial charge in [0.05, 0.1) is 12.6 Å². The molecule has 0 radical (unpaired) electrons. The van der Waals surface area contributed by atoms with Crippen molar-refractivity contribution < 1.29 is 0 Å². The zero-order chi connectivity index (χ0) is 11.7. The fourth-order valence-electron chi connectivity index (χ4n) is 2.75. The molecule has 0 saturated heterocycles. The molecule has 1 unspecified atom stereocenters. The fourth-order valence-corrected chi connectivity index (χ4v) is 2.75. The van der Waals surface area contributed by atoms with Gasteiger partial charge in [-0.25, -0.2) is 4.98 Å². The van der Waals surface area contributed by atoms with Crippen molar-refractivity contribution in [2.75, 3.05) is 6.54 Å². The summed E-state index contributed by atoms with van der Waals surface area (Å²) >= 11 is 0. The maximum Gasteiger partial charge on any atom is 0.120 e. The average Bonchev–Trinajstić information content (AvgIpc) is 2.98. The normalized spacial score (nSPS) is 20.4. The summed E-state index contributed by atoms with van der Waals surface area (Å²) in [6.45, 7) is 5.35. The summed E-state index contributed by atoms with van der Waals surface area (Å²) in [4.78, 5) is 10.0. The van der Waals surface area contributed by atoms with Crippen molar-refractivity contribution in [3.63, 3.8) is 0 Å². The predicted octanol–water partition coefficient (Wildman–Crippen LogP) is 2.18. The van der Waals surface area contributed by atoms with Gasteiger partial charge in [-0.3, -0.25) is 4.90 Å². The van der Waals surface area contributed by atoms with Crippen molar-refractivity contribution in [1.29, 1.82) is 0 Å². The lowest BCUT2D eigenvalue weighted by Gasteiger charge is -2.36. The van der Waals surface area contributed by atoms with E-state index in [4.69, 9.17) is 0 Å². The number of hydrogen-bond acceptors (Lipinski definition) is 2. The fraction of sp³-hybridized carbons (Fsp3) is 0.462. The second kappa shape index (κ2) is 4.37. The minimum absolute atomic E-state index is 0.517. The molecule has 2 aromatic heterocycles. The van der Waals surface area contributed by atoms with E-state index in [1.807, 2.05) is 12.4 Å². The maximum atomic E-state index is 4.32. The molecule has 0 bridgehead atoms. The lowest BCUT2D eigenvalue weighted by molar-refractivity contribution is 0.141. The van der Waals surface area contributed by atoms with Gasteiger partial charge in [-0.15, -0.1) is 0 Å². The number of rotatable bonds is 3. The Balaban J connectivity index is 1.82. The Morgan fingerprint density at radius 2 is 2.41 bits per heavy atom.